The van der Waals surface area contributed by atoms with Crippen molar-refractivity contribution < 1.29 is 22.7 Å². The summed E-state index contributed by atoms with van der Waals surface area (Å²) >= 11 is 0. The van der Waals surface area contributed by atoms with Crippen LogP contribution in [0.15, 0.2) is 6.20 Å². The summed E-state index contributed by atoms with van der Waals surface area (Å²) in [5, 5.41) is 0. The topological polar surface area (TPSA) is 65.2 Å². The summed E-state index contributed by atoms with van der Waals surface area (Å²) in [4.78, 5) is 14.1. The number of hydrogen-bond acceptors (Lipinski definition) is 4. The van der Waals surface area contributed by atoms with Crippen LogP contribution in [0, 0.1) is 5.95 Å². The number of ether oxygens (including phenoxy) is 1. The number of nitrogens with two attached hydrogens (primary N) is 1. The van der Waals surface area contributed by atoms with Crippen molar-refractivity contribution in [1.82, 2.24) is 4.98 Å². The van der Waals surface area contributed by atoms with Crippen LogP contribution >= 0.6 is 0 Å². The van der Waals surface area contributed by atoms with Crippen LogP contribution in [-0.4, -0.2) is 18.1 Å². The largest absolute Gasteiger partial charge is 0.465 e. The minimum Gasteiger partial charge on any atom is -0.465 e. The molecule has 1 aromatic heterocycles. The highest BCUT2D eigenvalue weighted by molar-refractivity contribution is 5.96. The van der Waals surface area contributed by atoms with E-state index in [1.165, 1.54) is 0 Å². The molecular formula is C8H7F3N2O2. The molecule has 1 heterocycles. The lowest BCUT2D eigenvalue weighted by molar-refractivity contribution is 0.0589. The molecule has 15 heavy (non-hydrogen) atoms. The second kappa shape index (κ2) is 4.16. The summed E-state index contributed by atoms with van der Waals surface area (Å²) in [5.41, 5.74) is 2.96. The molecule has 0 radical (unpaired) electrons. The molecule has 0 aliphatic rings. The number of carbonyl (C=O) groups excluding carboxylic acids is 1. The van der Waals surface area contributed by atoms with Gasteiger partial charge in [-0.25, -0.2) is 18.6 Å². The van der Waals surface area contributed by atoms with Crippen LogP contribution in [0.1, 0.15) is 22.3 Å². The molecule has 1 rings (SSSR count). The fraction of sp³-hybridized carbons (Fsp3) is 0.250. The van der Waals surface area contributed by atoms with Crippen molar-refractivity contribution in [3.63, 3.8) is 0 Å². The van der Waals surface area contributed by atoms with Gasteiger partial charge < -0.3 is 10.5 Å². The van der Waals surface area contributed by atoms with Crippen LogP contribution < -0.4 is 5.73 Å². The highest BCUT2D eigenvalue weighted by Crippen LogP contribution is 2.27. The Balaban J connectivity index is 3.41. The number of esters is 1. The first kappa shape index (κ1) is 11.3. The van der Waals surface area contributed by atoms with E-state index in [9.17, 15) is 18.0 Å². The molecule has 0 saturated carbocycles. The smallest absolute Gasteiger partial charge is 0.340 e. The number of rotatable bonds is 2. The fourth-order valence-corrected chi connectivity index (χ4v) is 1.01. The number of nitrogen functional groups attached to an aromatic ring is 1. The number of halogens is 3. The maximum Gasteiger partial charge on any atom is 0.340 e. The van der Waals surface area contributed by atoms with Crippen molar-refractivity contribution in [2.45, 2.75) is 6.43 Å². The van der Waals surface area contributed by atoms with Crippen LogP contribution in [0.4, 0.5) is 18.9 Å². The molecule has 0 aliphatic heterocycles. The first-order valence-corrected chi connectivity index (χ1v) is 3.79. The first-order valence-electron chi connectivity index (χ1n) is 3.79. The SMILES string of the molecule is COC(=O)c1c(C(F)F)cnc(F)c1N. The van der Waals surface area contributed by atoms with E-state index in [1.807, 2.05) is 0 Å². The van der Waals surface area contributed by atoms with Crippen molar-refractivity contribution in [3.8, 4) is 0 Å². The Kier molecular flexibility index (Phi) is 3.13. The van der Waals surface area contributed by atoms with Gasteiger partial charge in [-0.05, 0) is 0 Å². The van der Waals surface area contributed by atoms with E-state index in [0.29, 0.717) is 6.20 Å². The molecule has 2 N–H and O–H groups in total. The van der Waals surface area contributed by atoms with E-state index in [2.05, 4.69) is 9.72 Å². The zero-order valence-corrected chi connectivity index (χ0v) is 7.63. The van der Waals surface area contributed by atoms with Gasteiger partial charge in [-0.1, -0.05) is 0 Å². The zero-order chi connectivity index (χ0) is 11.6. The number of hydrogen-bond donors (Lipinski definition) is 1. The molecule has 0 bridgehead atoms. The normalized spacial score (nSPS) is 10.5. The molecule has 82 valence electrons. The molecule has 0 amide bonds. The summed E-state index contributed by atoms with van der Waals surface area (Å²) < 4.78 is 41.9. The minimum atomic E-state index is -2.98. The summed E-state index contributed by atoms with van der Waals surface area (Å²) in [6.07, 6.45) is -2.42. The van der Waals surface area contributed by atoms with E-state index < -0.39 is 35.2 Å². The molecule has 0 fully saturated rings. The highest BCUT2D eigenvalue weighted by atomic mass is 19.3. The Labute approximate surface area is 82.9 Å². The average molecular weight is 220 g/mol. The third kappa shape index (κ3) is 2.00. The maximum absolute atomic E-state index is 12.8. The van der Waals surface area contributed by atoms with Gasteiger partial charge in [0.25, 0.3) is 6.43 Å². The van der Waals surface area contributed by atoms with Crippen molar-refractivity contribution >= 4 is 11.7 Å². The van der Waals surface area contributed by atoms with Gasteiger partial charge in [0, 0.05) is 6.20 Å². The van der Waals surface area contributed by atoms with Gasteiger partial charge in [0.05, 0.1) is 18.2 Å². The molecule has 0 atom stereocenters. The van der Waals surface area contributed by atoms with E-state index in [0.717, 1.165) is 7.11 Å². The van der Waals surface area contributed by atoms with Gasteiger partial charge >= 0.3 is 5.97 Å². The summed E-state index contributed by atoms with van der Waals surface area (Å²) in [5.74, 6) is -2.30. The zero-order valence-electron chi connectivity index (χ0n) is 7.63. The molecule has 0 aromatic carbocycles. The van der Waals surface area contributed by atoms with Gasteiger partial charge in [-0.3, -0.25) is 0 Å². The number of methoxy groups -OCH3 is 1. The molecule has 0 spiro atoms. The predicted molar refractivity (Wildman–Crippen MR) is 44.9 cm³/mol. The predicted octanol–water partition coefficient (Wildman–Crippen LogP) is 1.53. The molecule has 1 aromatic rings. The minimum absolute atomic E-state index is 0.558. The standard InChI is InChI=1S/C8H7F3N2O2/c1-15-8(14)4-3(6(9)10)2-13-7(11)5(4)12/h2,6H,12H2,1H3. The lowest BCUT2D eigenvalue weighted by Crippen LogP contribution is -2.12. The molecule has 0 saturated heterocycles. The number of alkyl halides is 2. The van der Waals surface area contributed by atoms with Crippen LogP contribution in [-0.2, 0) is 4.74 Å². The summed E-state index contributed by atoms with van der Waals surface area (Å²) in [6, 6.07) is 0. The maximum atomic E-state index is 12.8. The Hall–Kier alpha value is -1.79. The Morgan fingerprint density at radius 1 is 1.60 bits per heavy atom. The molecule has 7 heteroatoms. The van der Waals surface area contributed by atoms with E-state index in [1.54, 1.807) is 0 Å². The second-order valence-electron chi connectivity index (χ2n) is 2.59. The van der Waals surface area contributed by atoms with Crippen LogP contribution in [0.25, 0.3) is 0 Å². The molecule has 0 unspecified atom stereocenters. The Bertz CT molecular complexity index is 396. The highest BCUT2D eigenvalue weighted by Gasteiger charge is 2.24. The number of nitrogens with zero attached hydrogens (tertiary/aromatic N) is 1. The van der Waals surface area contributed by atoms with E-state index in [-0.39, 0.29) is 0 Å². The molecular weight excluding hydrogens is 213 g/mol. The summed E-state index contributed by atoms with van der Waals surface area (Å²) in [7, 11) is 0.982. The van der Waals surface area contributed by atoms with Gasteiger partial charge in [0.15, 0.2) is 0 Å². The Morgan fingerprint density at radius 2 is 2.20 bits per heavy atom. The van der Waals surface area contributed by atoms with Gasteiger partial charge in [-0.15, -0.1) is 0 Å². The van der Waals surface area contributed by atoms with Crippen LogP contribution in [0.3, 0.4) is 0 Å². The fourth-order valence-electron chi connectivity index (χ4n) is 1.01. The molecule has 0 aliphatic carbocycles. The van der Waals surface area contributed by atoms with Gasteiger partial charge in [0.2, 0.25) is 5.95 Å². The quantitative estimate of drug-likeness (QED) is 0.606. The average Bonchev–Trinajstić information content (AvgIpc) is 2.20. The first-order chi connectivity index (χ1) is 6.99. The number of aromatic nitrogens is 1. The molecule has 4 nitrogen and oxygen atoms in total. The third-order valence-electron chi connectivity index (χ3n) is 1.72. The third-order valence-corrected chi connectivity index (χ3v) is 1.72. The number of carbonyl (C=O) groups is 1. The van der Waals surface area contributed by atoms with Gasteiger partial charge in [-0.2, -0.15) is 4.39 Å². The van der Waals surface area contributed by atoms with Crippen LogP contribution in [0.2, 0.25) is 0 Å². The number of pyridine rings is 1. The lowest BCUT2D eigenvalue weighted by Gasteiger charge is -2.09. The van der Waals surface area contributed by atoms with E-state index >= 15 is 0 Å². The van der Waals surface area contributed by atoms with Crippen molar-refractivity contribution in [2.75, 3.05) is 12.8 Å². The van der Waals surface area contributed by atoms with Crippen molar-refractivity contribution in [3.05, 3.63) is 23.3 Å². The monoisotopic (exact) mass is 220 g/mol. The van der Waals surface area contributed by atoms with Gasteiger partial charge in [0.1, 0.15) is 5.69 Å². The van der Waals surface area contributed by atoms with E-state index in [4.69, 9.17) is 5.73 Å². The van der Waals surface area contributed by atoms with Crippen molar-refractivity contribution in [2.24, 2.45) is 0 Å². The lowest BCUT2D eigenvalue weighted by atomic mass is 10.1. The van der Waals surface area contributed by atoms with Crippen molar-refractivity contribution in [1.29, 1.82) is 0 Å². The summed E-state index contributed by atoms with van der Waals surface area (Å²) in [6.45, 7) is 0. The number of anilines is 1. The Morgan fingerprint density at radius 3 is 2.67 bits per heavy atom. The van der Waals surface area contributed by atoms with Crippen LogP contribution in [0.5, 0.6) is 0 Å². The second-order valence-corrected chi connectivity index (χ2v) is 2.59.